The van der Waals surface area contributed by atoms with Gasteiger partial charge in [0.2, 0.25) is 0 Å². The van der Waals surface area contributed by atoms with Crippen molar-refractivity contribution in [2.75, 3.05) is 0 Å². The first kappa shape index (κ1) is 8.38. The van der Waals surface area contributed by atoms with E-state index < -0.39 is 0 Å². The molecule has 2 bridgehead atoms. The Balaban J connectivity index is 2.24. The molecule has 0 aliphatic heterocycles. The van der Waals surface area contributed by atoms with E-state index in [1.807, 2.05) is 12.1 Å². The Morgan fingerprint density at radius 2 is 1.40 bits per heavy atom. The highest BCUT2D eigenvalue weighted by molar-refractivity contribution is 5.41. The van der Waals surface area contributed by atoms with Crippen LogP contribution in [0.4, 0.5) is 0 Å². The van der Waals surface area contributed by atoms with Crippen LogP contribution in [0.1, 0.15) is 53.9 Å². The van der Waals surface area contributed by atoms with Crippen LogP contribution < -0.4 is 0 Å². The van der Waals surface area contributed by atoms with E-state index in [9.17, 15) is 0 Å². The quantitative estimate of drug-likeness (QED) is 0.631. The van der Waals surface area contributed by atoms with E-state index in [0.29, 0.717) is 11.8 Å². The number of fused-ring (bicyclic) bond motifs is 5. The van der Waals surface area contributed by atoms with Gasteiger partial charge in [-0.1, -0.05) is 0 Å². The Hall–Kier alpha value is -1.94. The summed E-state index contributed by atoms with van der Waals surface area (Å²) in [6, 6.07) is 3.88. The zero-order chi connectivity index (χ0) is 10.4. The van der Waals surface area contributed by atoms with Crippen molar-refractivity contribution in [3.05, 3.63) is 22.8 Å². The normalized spacial score (nSPS) is 25.7. The van der Waals surface area contributed by atoms with E-state index in [1.54, 1.807) is 0 Å². The summed E-state index contributed by atoms with van der Waals surface area (Å²) in [5, 5.41) is 17.7. The zero-order valence-electron chi connectivity index (χ0n) is 8.06. The van der Waals surface area contributed by atoms with Gasteiger partial charge < -0.3 is 0 Å². The molecule has 1 saturated carbocycles. The van der Waals surface area contributed by atoms with Crippen molar-refractivity contribution >= 4 is 0 Å². The first-order valence-corrected chi connectivity index (χ1v) is 5.05. The standard InChI is InChI=1S/C11H8N4/c12-4-8-9(5-13)15-11-7-2-1-6(3-7)10(11)14-8/h6-7H,1-3H2. The van der Waals surface area contributed by atoms with Crippen LogP contribution in [0.15, 0.2) is 0 Å². The summed E-state index contributed by atoms with van der Waals surface area (Å²) in [5.74, 6) is 0.967. The summed E-state index contributed by atoms with van der Waals surface area (Å²) < 4.78 is 0. The molecule has 2 atom stereocenters. The maximum atomic E-state index is 8.85. The lowest BCUT2D eigenvalue weighted by molar-refractivity contribution is 0.676. The van der Waals surface area contributed by atoms with Crippen LogP contribution in [-0.2, 0) is 0 Å². The van der Waals surface area contributed by atoms with Gasteiger partial charge in [-0.15, -0.1) is 0 Å². The number of hydrogen-bond donors (Lipinski definition) is 0. The first-order chi connectivity index (χ1) is 7.33. The van der Waals surface area contributed by atoms with Gasteiger partial charge in [0.05, 0.1) is 11.4 Å². The maximum absolute atomic E-state index is 8.85. The molecule has 1 aromatic heterocycles. The third kappa shape index (κ3) is 0.993. The molecular weight excluding hydrogens is 188 g/mol. The smallest absolute Gasteiger partial charge is 0.177 e. The van der Waals surface area contributed by atoms with Crippen LogP contribution in [0.2, 0.25) is 0 Å². The Kier molecular flexibility index (Phi) is 1.55. The van der Waals surface area contributed by atoms with E-state index in [2.05, 4.69) is 9.97 Å². The molecule has 0 aromatic carbocycles. The SMILES string of the molecule is N#Cc1nc2c(nc1C#N)C1CCC2C1. The monoisotopic (exact) mass is 196 g/mol. The number of hydrogen-bond acceptors (Lipinski definition) is 4. The van der Waals surface area contributed by atoms with Crippen molar-refractivity contribution in [2.45, 2.75) is 31.1 Å². The molecule has 0 N–H and O–H groups in total. The van der Waals surface area contributed by atoms with Gasteiger partial charge in [0.25, 0.3) is 0 Å². The van der Waals surface area contributed by atoms with Gasteiger partial charge in [0, 0.05) is 11.8 Å². The fraction of sp³-hybridized carbons (Fsp3) is 0.455. The minimum absolute atomic E-state index is 0.184. The largest absolute Gasteiger partial charge is 0.237 e. The second-order valence-corrected chi connectivity index (χ2v) is 4.12. The number of rotatable bonds is 0. The summed E-state index contributed by atoms with van der Waals surface area (Å²) >= 11 is 0. The lowest BCUT2D eigenvalue weighted by atomic mass is 10.00. The minimum Gasteiger partial charge on any atom is -0.237 e. The highest BCUT2D eigenvalue weighted by Gasteiger charge is 2.40. The highest BCUT2D eigenvalue weighted by Crippen LogP contribution is 2.51. The van der Waals surface area contributed by atoms with E-state index in [-0.39, 0.29) is 11.4 Å². The van der Waals surface area contributed by atoms with Crippen molar-refractivity contribution in [2.24, 2.45) is 0 Å². The molecule has 15 heavy (non-hydrogen) atoms. The molecule has 0 spiro atoms. The van der Waals surface area contributed by atoms with Crippen LogP contribution in [0, 0.1) is 22.7 Å². The van der Waals surface area contributed by atoms with Crippen LogP contribution in [0.25, 0.3) is 0 Å². The van der Waals surface area contributed by atoms with Gasteiger partial charge in [-0.3, -0.25) is 0 Å². The summed E-state index contributed by atoms with van der Waals surface area (Å²) in [7, 11) is 0. The Labute approximate surface area is 87.2 Å². The Morgan fingerprint density at radius 3 is 1.80 bits per heavy atom. The topological polar surface area (TPSA) is 73.4 Å². The molecule has 1 heterocycles. The average Bonchev–Trinajstić information content (AvgIpc) is 2.88. The predicted octanol–water partition coefficient (Wildman–Crippen LogP) is 1.58. The summed E-state index contributed by atoms with van der Waals surface area (Å²) in [5.41, 5.74) is 2.32. The molecule has 0 radical (unpaired) electrons. The third-order valence-corrected chi connectivity index (χ3v) is 3.37. The van der Waals surface area contributed by atoms with E-state index in [4.69, 9.17) is 10.5 Å². The third-order valence-electron chi connectivity index (χ3n) is 3.37. The Morgan fingerprint density at radius 1 is 0.933 bits per heavy atom. The Bertz CT molecular complexity index is 474. The second kappa shape index (κ2) is 2.77. The highest BCUT2D eigenvalue weighted by atomic mass is 14.9. The molecule has 2 aliphatic carbocycles. The zero-order valence-corrected chi connectivity index (χ0v) is 8.06. The van der Waals surface area contributed by atoms with Crippen molar-refractivity contribution in [3.8, 4) is 12.1 Å². The van der Waals surface area contributed by atoms with Crippen molar-refractivity contribution < 1.29 is 0 Å². The van der Waals surface area contributed by atoms with E-state index in [0.717, 1.165) is 30.7 Å². The molecule has 1 fully saturated rings. The van der Waals surface area contributed by atoms with Crippen LogP contribution in [0.5, 0.6) is 0 Å². The average molecular weight is 196 g/mol. The van der Waals surface area contributed by atoms with Gasteiger partial charge in [0.15, 0.2) is 11.4 Å². The van der Waals surface area contributed by atoms with Crippen LogP contribution in [-0.4, -0.2) is 9.97 Å². The molecule has 4 heteroatoms. The fourth-order valence-corrected chi connectivity index (χ4v) is 2.70. The maximum Gasteiger partial charge on any atom is 0.177 e. The summed E-state index contributed by atoms with van der Waals surface area (Å²) in [6.45, 7) is 0. The van der Waals surface area contributed by atoms with Crippen LogP contribution in [0.3, 0.4) is 0 Å². The van der Waals surface area contributed by atoms with Crippen molar-refractivity contribution in [1.82, 2.24) is 9.97 Å². The van der Waals surface area contributed by atoms with Crippen molar-refractivity contribution in [1.29, 1.82) is 10.5 Å². The number of nitrogens with zero attached hydrogens (tertiary/aromatic N) is 4. The van der Waals surface area contributed by atoms with E-state index in [1.165, 1.54) is 0 Å². The molecule has 3 rings (SSSR count). The number of nitriles is 2. The molecule has 1 aromatic rings. The molecule has 2 aliphatic rings. The van der Waals surface area contributed by atoms with Gasteiger partial charge in [-0.2, -0.15) is 10.5 Å². The predicted molar refractivity (Wildman–Crippen MR) is 50.8 cm³/mol. The first-order valence-electron chi connectivity index (χ1n) is 5.05. The van der Waals surface area contributed by atoms with Crippen molar-refractivity contribution in [3.63, 3.8) is 0 Å². The summed E-state index contributed by atoms with van der Waals surface area (Å²) in [6.07, 6.45) is 3.42. The van der Waals surface area contributed by atoms with Gasteiger partial charge in [0.1, 0.15) is 12.1 Å². The second-order valence-electron chi connectivity index (χ2n) is 4.12. The van der Waals surface area contributed by atoms with E-state index >= 15 is 0 Å². The molecule has 0 saturated heterocycles. The van der Waals surface area contributed by atoms with Gasteiger partial charge in [-0.25, -0.2) is 9.97 Å². The summed E-state index contributed by atoms with van der Waals surface area (Å²) in [4.78, 5) is 8.56. The molecule has 2 unspecified atom stereocenters. The molecule has 0 amide bonds. The lowest BCUT2D eigenvalue weighted by Gasteiger charge is -2.12. The molecule has 72 valence electrons. The number of aromatic nitrogens is 2. The fourth-order valence-electron chi connectivity index (χ4n) is 2.70. The molecule has 4 nitrogen and oxygen atoms in total. The minimum atomic E-state index is 0.184. The lowest BCUT2D eigenvalue weighted by Crippen LogP contribution is -2.08. The molecular formula is C11H8N4. The van der Waals surface area contributed by atoms with Crippen LogP contribution >= 0.6 is 0 Å². The van der Waals surface area contributed by atoms with Gasteiger partial charge in [-0.05, 0) is 19.3 Å². The van der Waals surface area contributed by atoms with Gasteiger partial charge >= 0.3 is 0 Å².